The maximum atomic E-state index is 12.5. The SMILES string of the molecule is COc1ccccc1N=C1S[C@@H](CC(=O)Nc2cccc([N+](=O)[O-])c2)C(=O)N1C. The number of anilines is 1. The minimum Gasteiger partial charge on any atom is -0.494 e. The first kappa shape index (κ1) is 20.3. The van der Waals surface area contributed by atoms with Crippen LogP contribution in [0.4, 0.5) is 17.1 Å². The monoisotopic (exact) mass is 414 g/mol. The minimum absolute atomic E-state index is 0.0819. The molecule has 1 fully saturated rings. The summed E-state index contributed by atoms with van der Waals surface area (Å²) >= 11 is 1.19. The van der Waals surface area contributed by atoms with Gasteiger partial charge in [0.1, 0.15) is 16.7 Å². The topological polar surface area (TPSA) is 114 Å². The lowest BCUT2D eigenvalue weighted by molar-refractivity contribution is -0.384. The molecule has 1 heterocycles. The normalized spacial score (nSPS) is 17.4. The highest BCUT2D eigenvalue weighted by Gasteiger charge is 2.37. The van der Waals surface area contributed by atoms with E-state index in [9.17, 15) is 19.7 Å². The number of nitro groups is 1. The third-order valence-electron chi connectivity index (χ3n) is 4.15. The highest BCUT2D eigenvalue weighted by molar-refractivity contribution is 8.15. The standard InChI is InChI=1S/C19H18N4O5S/c1-22-18(25)16(29-19(22)21-14-8-3-4-9-15(14)28-2)11-17(24)20-12-6-5-7-13(10-12)23(26)27/h3-10,16H,11H2,1-2H3,(H,20,24)/t16-/m0/s1. The van der Waals surface area contributed by atoms with Crippen molar-refractivity contribution < 1.29 is 19.2 Å². The van der Waals surface area contributed by atoms with Gasteiger partial charge in [0.2, 0.25) is 11.8 Å². The number of thioether (sulfide) groups is 1. The van der Waals surface area contributed by atoms with Gasteiger partial charge in [-0.25, -0.2) is 4.99 Å². The molecular formula is C19H18N4O5S. The fourth-order valence-electron chi connectivity index (χ4n) is 2.70. The second-order valence-electron chi connectivity index (χ2n) is 6.13. The van der Waals surface area contributed by atoms with Gasteiger partial charge in [-0.05, 0) is 18.2 Å². The van der Waals surface area contributed by atoms with Crippen molar-refractivity contribution in [2.45, 2.75) is 11.7 Å². The molecule has 2 amide bonds. The summed E-state index contributed by atoms with van der Waals surface area (Å²) in [6.45, 7) is 0. The fraction of sp³-hybridized carbons (Fsp3) is 0.211. The molecule has 150 valence electrons. The smallest absolute Gasteiger partial charge is 0.271 e. The predicted molar refractivity (Wildman–Crippen MR) is 111 cm³/mol. The number of rotatable bonds is 6. The minimum atomic E-state index is -0.632. The highest BCUT2D eigenvalue weighted by Crippen LogP contribution is 2.34. The van der Waals surface area contributed by atoms with Crippen molar-refractivity contribution in [3.05, 3.63) is 58.6 Å². The van der Waals surface area contributed by atoms with E-state index in [1.54, 1.807) is 25.2 Å². The quantitative estimate of drug-likeness (QED) is 0.573. The van der Waals surface area contributed by atoms with E-state index in [4.69, 9.17) is 4.74 Å². The first-order valence-corrected chi connectivity index (χ1v) is 9.47. The van der Waals surface area contributed by atoms with Crippen molar-refractivity contribution >= 4 is 45.8 Å². The van der Waals surface area contributed by atoms with Gasteiger partial charge in [-0.3, -0.25) is 24.6 Å². The van der Waals surface area contributed by atoms with Gasteiger partial charge in [-0.2, -0.15) is 0 Å². The number of amidine groups is 1. The summed E-state index contributed by atoms with van der Waals surface area (Å²) < 4.78 is 5.27. The number of hydrogen-bond acceptors (Lipinski definition) is 7. The maximum absolute atomic E-state index is 12.5. The zero-order chi connectivity index (χ0) is 21.0. The Morgan fingerprint density at radius 1 is 1.31 bits per heavy atom. The summed E-state index contributed by atoms with van der Waals surface area (Å²) in [5, 5.41) is 13.3. The van der Waals surface area contributed by atoms with Crippen LogP contribution in [0.1, 0.15) is 6.42 Å². The Balaban J connectivity index is 1.70. The number of carbonyl (C=O) groups excluding carboxylic acids is 2. The lowest BCUT2D eigenvalue weighted by Gasteiger charge is -2.10. The van der Waals surface area contributed by atoms with Gasteiger partial charge in [0.05, 0.1) is 12.0 Å². The average molecular weight is 414 g/mol. The van der Waals surface area contributed by atoms with Crippen molar-refractivity contribution in [1.29, 1.82) is 0 Å². The Morgan fingerprint density at radius 3 is 2.79 bits per heavy atom. The van der Waals surface area contributed by atoms with E-state index in [-0.39, 0.29) is 18.0 Å². The van der Waals surface area contributed by atoms with E-state index in [0.717, 1.165) is 0 Å². The Labute approximate surface area is 170 Å². The molecule has 0 unspecified atom stereocenters. The summed E-state index contributed by atoms with van der Waals surface area (Å²) in [6, 6.07) is 12.8. The number of nitrogens with zero attached hydrogens (tertiary/aromatic N) is 3. The molecule has 1 atom stereocenters. The molecule has 10 heteroatoms. The van der Waals surface area contributed by atoms with Crippen LogP contribution in [0.2, 0.25) is 0 Å². The lowest BCUT2D eigenvalue weighted by Crippen LogP contribution is -2.30. The van der Waals surface area contributed by atoms with Gasteiger partial charge in [-0.1, -0.05) is 30.0 Å². The van der Waals surface area contributed by atoms with E-state index >= 15 is 0 Å². The van der Waals surface area contributed by atoms with Crippen LogP contribution in [-0.4, -0.2) is 46.2 Å². The van der Waals surface area contributed by atoms with Crippen molar-refractivity contribution in [3.8, 4) is 5.75 Å². The number of hydrogen-bond donors (Lipinski definition) is 1. The lowest BCUT2D eigenvalue weighted by atomic mass is 10.2. The molecule has 1 aliphatic heterocycles. The first-order valence-electron chi connectivity index (χ1n) is 8.59. The Morgan fingerprint density at radius 2 is 2.07 bits per heavy atom. The summed E-state index contributed by atoms with van der Waals surface area (Å²) in [6.07, 6.45) is -0.0819. The number of nitrogens with one attached hydrogen (secondary N) is 1. The molecule has 0 radical (unpaired) electrons. The van der Waals surface area contributed by atoms with Gasteiger partial charge < -0.3 is 10.1 Å². The second kappa shape index (κ2) is 8.74. The molecule has 0 aliphatic carbocycles. The van der Waals surface area contributed by atoms with Gasteiger partial charge in [-0.15, -0.1) is 0 Å². The zero-order valence-electron chi connectivity index (χ0n) is 15.7. The number of non-ortho nitro benzene ring substituents is 1. The number of amides is 2. The van der Waals surface area contributed by atoms with Crippen molar-refractivity contribution in [2.24, 2.45) is 4.99 Å². The second-order valence-corrected chi connectivity index (χ2v) is 7.30. The van der Waals surface area contributed by atoms with Gasteiger partial charge >= 0.3 is 0 Å². The Bertz CT molecular complexity index is 994. The van der Waals surface area contributed by atoms with Crippen LogP contribution >= 0.6 is 11.8 Å². The zero-order valence-corrected chi connectivity index (χ0v) is 16.5. The fourth-order valence-corrected chi connectivity index (χ4v) is 3.85. The van der Waals surface area contributed by atoms with Crippen molar-refractivity contribution in [3.63, 3.8) is 0 Å². The molecule has 0 spiro atoms. The predicted octanol–water partition coefficient (Wildman–Crippen LogP) is 3.19. The number of methoxy groups -OCH3 is 1. The molecule has 3 rings (SSSR count). The number of carbonyl (C=O) groups is 2. The summed E-state index contributed by atoms with van der Waals surface area (Å²) in [5.41, 5.74) is 0.759. The van der Waals surface area contributed by atoms with Crippen molar-refractivity contribution in [1.82, 2.24) is 4.90 Å². The van der Waals surface area contributed by atoms with Gasteiger partial charge in [0, 0.05) is 31.3 Å². The number of aliphatic imine (C=N–C) groups is 1. The van der Waals surface area contributed by atoms with Crippen LogP contribution in [0.3, 0.4) is 0 Å². The summed E-state index contributed by atoms with van der Waals surface area (Å²) in [7, 11) is 3.14. The van der Waals surface area contributed by atoms with Crippen LogP contribution in [0.15, 0.2) is 53.5 Å². The number of ether oxygens (including phenoxy) is 1. The molecular weight excluding hydrogens is 396 g/mol. The van der Waals surface area contributed by atoms with E-state index in [1.165, 1.54) is 42.0 Å². The highest BCUT2D eigenvalue weighted by atomic mass is 32.2. The van der Waals surface area contributed by atoms with Crippen LogP contribution in [-0.2, 0) is 9.59 Å². The summed E-state index contributed by atoms with van der Waals surface area (Å²) in [4.78, 5) is 41.1. The largest absolute Gasteiger partial charge is 0.494 e. The molecule has 0 saturated carbocycles. The van der Waals surface area contributed by atoms with Crippen molar-refractivity contribution in [2.75, 3.05) is 19.5 Å². The summed E-state index contributed by atoms with van der Waals surface area (Å²) in [5.74, 6) is -0.0746. The number of para-hydroxylation sites is 2. The number of benzene rings is 2. The first-order chi connectivity index (χ1) is 13.9. The molecule has 29 heavy (non-hydrogen) atoms. The molecule has 2 aromatic carbocycles. The van der Waals surface area contributed by atoms with Crippen LogP contribution in [0.25, 0.3) is 0 Å². The molecule has 2 aromatic rings. The molecule has 1 N–H and O–H groups in total. The van der Waals surface area contributed by atoms with Crippen LogP contribution in [0, 0.1) is 10.1 Å². The van der Waals surface area contributed by atoms with E-state index < -0.39 is 16.1 Å². The maximum Gasteiger partial charge on any atom is 0.271 e. The third kappa shape index (κ3) is 4.72. The van der Waals surface area contributed by atoms with E-state index in [0.29, 0.717) is 22.3 Å². The average Bonchev–Trinajstić information content (AvgIpc) is 2.96. The molecule has 1 saturated heterocycles. The molecule has 9 nitrogen and oxygen atoms in total. The molecule has 0 aromatic heterocycles. The van der Waals surface area contributed by atoms with E-state index in [2.05, 4.69) is 10.3 Å². The van der Waals surface area contributed by atoms with Gasteiger partial charge in [0.15, 0.2) is 5.17 Å². The Kier molecular flexibility index (Phi) is 6.13. The van der Waals surface area contributed by atoms with Gasteiger partial charge in [0.25, 0.3) is 5.69 Å². The van der Waals surface area contributed by atoms with E-state index in [1.807, 2.05) is 12.1 Å². The van der Waals surface area contributed by atoms with Crippen LogP contribution in [0.5, 0.6) is 5.75 Å². The third-order valence-corrected chi connectivity index (χ3v) is 5.38. The number of nitro benzene ring substituents is 1. The molecule has 1 aliphatic rings. The Hall–Kier alpha value is -3.40. The van der Waals surface area contributed by atoms with Crippen LogP contribution < -0.4 is 10.1 Å². The molecule has 0 bridgehead atoms.